The number of guanidine groups is 1. The Morgan fingerprint density at radius 1 is 1.13 bits per heavy atom. The van der Waals surface area contributed by atoms with Gasteiger partial charge in [-0.15, -0.1) is 35.3 Å². The summed E-state index contributed by atoms with van der Waals surface area (Å²) in [6.07, 6.45) is -0.618. The van der Waals surface area contributed by atoms with E-state index in [9.17, 15) is 9.90 Å². The second kappa shape index (κ2) is 11.9. The van der Waals surface area contributed by atoms with Crippen molar-refractivity contribution < 1.29 is 9.90 Å². The largest absolute Gasteiger partial charge is 0.386 e. The van der Waals surface area contributed by atoms with Gasteiger partial charge >= 0.3 is 0 Å². The Balaban J connectivity index is 0.00000320. The molecular formula is C22H27IN4O2S. The first-order chi connectivity index (χ1) is 14.1. The number of amides is 1. The van der Waals surface area contributed by atoms with Crippen molar-refractivity contribution in [3.05, 3.63) is 70.6 Å². The summed E-state index contributed by atoms with van der Waals surface area (Å²) in [6.45, 7) is 3.49. The molecule has 3 aromatic rings. The van der Waals surface area contributed by atoms with Crippen LogP contribution in [0, 0.1) is 0 Å². The molecule has 160 valence electrons. The Bertz CT molecular complexity index is 972. The van der Waals surface area contributed by atoms with Gasteiger partial charge in [-0.3, -0.25) is 4.79 Å². The first-order valence-corrected chi connectivity index (χ1v) is 10.4. The number of hydrogen-bond acceptors (Lipinski definition) is 4. The highest BCUT2D eigenvalue weighted by atomic mass is 127. The number of nitrogens with one attached hydrogen (secondary N) is 3. The monoisotopic (exact) mass is 538 g/mol. The number of carbonyl (C=O) groups excluding carboxylic acids is 1. The first-order valence-electron chi connectivity index (χ1n) is 9.60. The smallest absolute Gasteiger partial charge is 0.251 e. The van der Waals surface area contributed by atoms with E-state index in [-0.39, 0.29) is 29.9 Å². The molecule has 1 unspecified atom stereocenters. The van der Waals surface area contributed by atoms with Gasteiger partial charge < -0.3 is 21.1 Å². The second-order valence-corrected chi connectivity index (χ2v) is 7.67. The van der Waals surface area contributed by atoms with Crippen molar-refractivity contribution in [3.63, 3.8) is 0 Å². The quantitative estimate of drug-likeness (QED) is 0.210. The van der Waals surface area contributed by atoms with Gasteiger partial charge in [-0.25, -0.2) is 4.99 Å². The number of aliphatic hydroxyl groups excluding tert-OH is 1. The van der Waals surface area contributed by atoms with Crippen LogP contribution in [-0.2, 0) is 6.54 Å². The predicted molar refractivity (Wildman–Crippen MR) is 135 cm³/mol. The van der Waals surface area contributed by atoms with E-state index in [2.05, 4.69) is 27.0 Å². The summed E-state index contributed by atoms with van der Waals surface area (Å²) in [5, 5.41) is 20.7. The minimum Gasteiger partial charge on any atom is -0.386 e. The van der Waals surface area contributed by atoms with Gasteiger partial charge in [0.2, 0.25) is 0 Å². The summed E-state index contributed by atoms with van der Waals surface area (Å²) in [5.41, 5.74) is 1.55. The molecule has 0 aliphatic rings. The number of halogens is 1. The lowest BCUT2D eigenvalue weighted by Gasteiger charge is -2.14. The Morgan fingerprint density at radius 3 is 2.67 bits per heavy atom. The molecule has 0 fully saturated rings. The summed E-state index contributed by atoms with van der Waals surface area (Å²) in [4.78, 5) is 17.3. The molecule has 0 radical (unpaired) electrons. The molecule has 0 spiro atoms. The molecule has 1 heterocycles. The van der Waals surface area contributed by atoms with Crippen LogP contribution in [0.1, 0.15) is 33.8 Å². The average Bonchev–Trinajstić information content (AvgIpc) is 3.19. The van der Waals surface area contributed by atoms with Gasteiger partial charge in [-0.2, -0.15) is 0 Å². The highest BCUT2D eigenvalue weighted by Gasteiger charge is 2.12. The molecule has 2 aromatic carbocycles. The van der Waals surface area contributed by atoms with Crippen LogP contribution in [-0.4, -0.2) is 37.1 Å². The maximum Gasteiger partial charge on any atom is 0.251 e. The number of nitrogens with zero attached hydrogens (tertiary/aromatic N) is 1. The van der Waals surface area contributed by atoms with Crippen LogP contribution in [0.5, 0.6) is 0 Å². The molecule has 1 atom stereocenters. The fourth-order valence-corrected chi connectivity index (χ4v) is 3.98. The van der Waals surface area contributed by atoms with Crippen molar-refractivity contribution in [2.24, 2.45) is 4.99 Å². The zero-order valence-electron chi connectivity index (χ0n) is 17.0. The predicted octanol–water partition coefficient (Wildman–Crippen LogP) is 3.67. The highest BCUT2D eigenvalue weighted by molar-refractivity contribution is 14.0. The summed E-state index contributed by atoms with van der Waals surface area (Å²) in [5.74, 6) is 0.505. The molecule has 1 aromatic heterocycles. The molecule has 6 nitrogen and oxygen atoms in total. The molecule has 1 amide bonds. The number of hydrogen-bond donors (Lipinski definition) is 4. The SMILES string of the molecule is CCNC(=NCc1cccc(C(=O)NC)c1)NCC(O)c1cc2ccccc2s1.I. The van der Waals surface area contributed by atoms with Crippen molar-refractivity contribution in [1.82, 2.24) is 16.0 Å². The molecule has 0 saturated carbocycles. The van der Waals surface area contributed by atoms with Crippen LogP contribution in [0.4, 0.5) is 0 Å². The maximum atomic E-state index is 11.8. The lowest BCUT2D eigenvalue weighted by atomic mass is 10.1. The van der Waals surface area contributed by atoms with Crippen molar-refractivity contribution in [2.75, 3.05) is 20.1 Å². The summed E-state index contributed by atoms with van der Waals surface area (Å²) in [7, 11) is 1.61. The summed E-state index contributed by atoms with van der Waals surface area (Å²) >= 11 is 1.60. The van der Waals surface area contributed by atoms with E-state index in [0.29, 0.717) is 31.2 Å². The number of rotatable bonds is 7. The van der Waals surface area contributed by atoms with Crippen LogP contribution < -0.4 is 16.0 Å². The number of benzene rings is 2. The van der Waals surface area contributed by atoms with Crippen LogP contribution in [0.2, 0.25) is 0 Å². The van der Waals surface area contributed by atoms with E-state index in [1.165, 1.54) is 0 Å². The van der Waals surface area contributed by atoms with E-state index in [0.717, 1.165) is 20.5 Å². The van der Waals surface area contributed by atoms with Gasteiger partial charge in [0.25, 0.3) is 5.91 Å². The van der Waals surface area contributed by atoms with Crippen LogP contribution in [0.3, 0.4) is 0 Å². The van der Waals surface area contributed by atoms with Gasteiger partial charge in [-0.05, 0) is 42.1 Å². The maximum absolute atomic E-state index is 11.8. The topological polar surface area (TPSA) is 85.8 Å². The third kappa shape index (κ3) is 6.41. The van der Waals surface area contributed by atoms with Gasteiger partial charge in [0.15, 0.2) is 5.96 Å². The van der Waals surface area contributed by atoms with Crippen LogP contribution in [0.25, 0.3) is 10.1 Å². The zero-order chi connectivity index (χ0) is 20.6. The minimum atomic E-state index is -0.618. The third-order valence-electron chi connectivity index (χ3n) is 4.42. The number of carbonyl (C=O) groups is 1. The molecular weight excluding hydrogens is 511 g/mol. The lowest BCUT2D eigenvalue weighted by molar-refractivity contribution is 0.0963. The first kappa shape index (κ1) is 24.1. The number of aliphatic hydroxyl groups is 1. The number of fused-ring (bicyclic) bond motifs is 1. The number of aliphatic imine (C=N–C) groups is 1. The van der Waals surface area contributed by atoms with E-state index in [1.54, 1.807) is 24.5 Å². The summed E-state index contributed by atoms with van der Waals surface area (Å²) < 4.78 is 1.16. The lowest BCUT2D eigenvalue weighted by Crippen LogP contribution is -2.39. The molecule has 0 saturated heterocycles. The van der Waals surface area contributed by atoms with Gasteiger partial charge in [0, 0.05) is 35.3 Å². The molecule has 0 bridgehead atoms. The molecule has 3 rings (SSSR count). The van der Waals surface area contributed by atoms with E-state index < -0.39 is 6.10 Å². The summed E-state index contributed by atoms with van der Waals surface area (Å²) in [6, 6.07) is 17.5. The molecule has 0 aliphatic heterocycles. The van der Waals surface area contributed by atoms with Crippen molar-refractivity contribution in [1.29, 1.82) is 0 Å². The van der Waals surface area contributed by atoms with E-state index in [4.69, 9.17) is 0 Å². The zero-order valence-corrected chi connectivity index (χ0v) is 20.2. The van der Waals surface area contributed by atoms with Gasteiger partial charge in [0.1, 0.15) is 6.10 Å². The second-order valence-electron chi connectivity index (χ2n) is 6.56. The molecule has 8 heteroatoms. The van der Waals surface area contributed by atoms with Gasteiger partial charge in [0.05, 0.1) is 6.54 Å². The standard InChI is InChI=1S/C22H26N4O2S.HI/c1-3-24-22(25-13-15-7-6-9-17(11-15)21(28)23-2)26-14-18(27)20-12-16-8-4-5-10-19(16)29-20;/h4-12,18,27H,3,13-14H2,1-2H3,(H,23,28)(H2,24,25,26);1H. The van der Waals surface area contributed by atoms with E-state index >= 15 is 0 Å². The normalized spacial score (nSPS) is 12.2. The Hall–Kier alpha value is -2.17. The fourth-order valence-electron chi connectivity index (χ4n) is 2.93. The fraction of sp³-hybridized carbons (Fsp3) is 0.273. The van der Waals surface area contributed by atoms with Crippen LogP contribution >= 0.6 is 35.3 Å². The molecule has 30 heavy (non-hydrogen) atoms. The van der Waals surface area contributed by atoms with Crippen molar-refractivity contribution >= 4 is 57.3 Å². The molecule has 4 N–H and O–H groups in total. The van der Waals surface area contributed by atoms with Crippen LogP contribution in [0.15, 0.2) is 59.6 Å². The third-order valence-corrected chi connectivity index (χ3v) is 5.63. The van der Waals surface area contributed by atoms with Crippen molar-refractivity contribution in [2.45, 2.75) is 19.6 Å². The average molecular weight is 538 g/mol. The Morgan fingerprint density at radius 2 is 1.93 bits per heavy atom. The minimum absolute atomic E-state index is 0. The Labute approximate surface area is 197 Å². The highest BCUT2D eigenvalue weighted by Crippen LogP contribution is 2.29. The van der Waals surface area contributed by atoms with Crippen molar-refractivity contribution in [3.8, 4) is 0 Å². The van der Waals surface area contributed by atoms with E-state index in [1.807, 2.05) is 49.4 Å². The molecule has 0 aliphatic carbocycles. The Kier molecular flexibility index (Phi) is 9.54. The number of thiophene rings is 1. The van der Waals surface area contributed by atoms with Gasteiger partial charge in [-0.1, -0.05) is 30.3 Å².